The Morgan fingerprint density at radius 1 is 1.04 bits per heavy atom. The third-order valence-corrected chi connectivity index (χ3v) is 3.98. The van der Waals surface area contributed by atoms with Crippen LogP contribution >= 0.6 is 0 Å². The van der Waals surface area contributed by atoms with Gasteiger partial charge in [-0.25, -0.2) is 0 Å². The maximum Gasteiger partial charge on any atom is 0.321 e. The lowest BCUT2D eigenvalue weighted by Crippen LogP contribution is -2.40. The molecule has 0 aliphatic rings. The van der Waals surface area contributed by atoms with Gasteiger partial charge in [-0.3, -0.25) is 9.59 Å². The molecular weight excluding hydrogens is 358 g/mol. The zero-order valence-electron chi connectivity index (χ0n) is 16.2. The van der Waals surface area contributed by atoms with Crippen molar-refractivity contribution in [2.45, 2.75) is 18.9 Å². The second kappa shape index (κ2) is 11.1. The minimum absolute atomic E-state index is 0.139. The van der Waals surface area contributed by atoms with Crippen LogP contribution < -0.4 is 15.4 Å². The van der Waals surface area contributed by atoms with Crippen LogP contribution in [0, 0.1) is 0 Å². The molecule has 2 aromatic carbocycles. The fourth-order valence-corrected chi connectivity index (χ4v) is 2.55. The van der Waals surface area contributed by atoms with Gasteiger partial charge < -0.3 is 25.4 Å². The molecule has 0 aliphatic carbocycles. The summed E-state index contributed by atoms with van der Waals surface area (Å²) in [6.07, 6.45) is 0.667. The number of aliphatic carboxylic acids is 1. The fourth-order valence-electron chi connectivity index (χ4n) is 2.55. The maximum absolute atomic E-state index is 12.2. The van der Waals surface area contributed by atoms with E-state index in [-0.39, 0.29) is 12.3 Å². The Morgan fingerprint density at radius 3 is 2.29 bits per heavy atom. The molecule has 2 rings (SSSR count). The first-order valence-electron chi connectivity index (χ1n) is 9.18. The number of benzene rings is 2. The van der Waals surface area contributed by atoms with Gasteiger partial charge in [-0.05, 0) is 70.0 Å². The van der Waals surface area contributed by atoms with Gasteiger partial charge in [0.05, 0.1) is 6.42 Å². The highest BCUT2D eigenvalue weighted by Crippen LogP contribution is 2.22. The van der Waals surface area contributed by atoms with Crippen molar-refractivity contribution in [2.24, 2.45) is 0 Å². The van der Waals surface area contributed by atoms with E-state index in [9.17, 15) is 14.7 Å². The average Bonchev–Trinajstić information content (AvgIpc) is 2.66. The van der Waals surface area contributed by atoms with Crippen LogP contribution in [0.15, 0.2) is 54.6 Å². The van der Waals surface area contributed by atoms with Crippen LogP contribution in [0.5, 0.6) is 11.5 Å². The summed E-state index contributed by atoms with van der Waals surface area (Å²) in [5.74, 6) is -0.0186. The van der Waals surface area contributed by atoms with E-state index in [2.05, 4.69) is 10.6 Å². The number of hydrogen-bond donors (Lipinski definition) is 3. The van der Waals surface area contributed by atoms with Crippen LogP contribution in [0.2, 0.25) is 0 Å². The summed E-state index contributed by atoms with van der Waals surface area (Å²) in [4.78, 5) is 25.6. The minimum atomic E-state index is -1.04. The highest BCUT2D eigenvalue weighted by Gasteiger charge is 2.20. The van der Waals surface area contributed by atoms with Crippen LogP contribution in [0.3, 0.4) is 0 Å². The lowest BCUT2D eigenvalue weighted by atomic mass is 10.2. The van der Waals surface area contributed by atoms with Crippen LogP contribution in [0.1, 0.15) is 12.8 Å². The molecule has 0 saturated carbocycles. The number of carbonyl (C=O) groups is 2. The first-order chi connectivity index (χ1) is 13.4. The Kier molecular flexibility index (Phi) is 8.45. The first kappa shape index (κ1) is 21.4. The molecule has 0 spiro atoms. The largest absolute Gasteiger partial charge is 0.480 e. The topological polar surface area (TPSA) is 90.9 Å². The Labute approximate surface area is 165 Å². The van der Waals surface area contributed by atoms with Gasteiger partial charge in [-0.1, -0.05) is 18.2 Å². The Morgan fingerprint density at radius 2 is 1.68 bits per heavy atom. The molecule has 3 N–H and O–H groups in total. The number of carboxylic acids is 1. The van der Waals surface area contributed by atoms with E-state index in [1.807, 2.05) is 49.3 Å². The van der Waals surface area contributed by atoms with Gasteiger partial charge in [-0.2, -0.15) is 0 Å². The van der Waals surface area contributed by atoms with E-state index >= 15 is 0 Å². The Hall–Kier alpha value is -2.90. The lowest BCUT2D eigenvalue weighted by molar-refractivity contribution is -0.141. The van der Waals surface area contributed by atoms with E-state index in [1.54, 1.807) is 24.3 Å². The van der Waals surface area contributed by atoms with Crippen LogP contribution in [-0.2, 0) is 9.59 Å². The number of rotatable bonds is 11. The van der Waals surface area contributed by atoms with Crippen LogP contribution in [0.4, 0.5) is 5.69 Å². The number of para-hydroxylation sites is 1. The SMILES string of the molecule is CN(C)CCCN[C@H](CC(=O)Nc1ccc(Oc2ccccc2)cc1)C(=O)O. The third-order valence-electron chi connectivity index (χ3n) is 3.98. The molecule has 0 fully saturated rings. The molecule has 1 amide bonds. The van der Waals surface area contributed by atoms with Crippen molar-refractivity contribution < 1.29 is 19.4 Å². The van der Waals surface area contributed by atoms with E-state index in [1.165, 1.54) is 0 Å². The van der Waals surface area contributed by atoms with Crippen molar-refractivity contribution in [1.82, 2.24) is 10.2 Å². The van der Waals surface area contributed by atoms with Gasteiger partial charge >= 0.3 is 5.97 Å². The second-order valence-electron chi connectivity index (χ2n) is 6.69. The summed E-state index contributed by atoms with van der Waals surface area (Å²) >= 11 is 0. The second-order valence-corrected chi connectivity index (χ2v) is 6.69. The van der Waals surface area contributed by atoms with Crippen molar-refractivity contribution in [3.63, 3.8) is 0 Å². The van der Waals surface area contributed by atoms with Gasteiger partial charge in [-0.15, -0.1) is 0 Å². The minimum Gasteiger partial charge on any atom is -0.480 e. The van der Waals surface area contributed by atoms with Gasteiger partial charge in [0.25, 0.3) is 0 Å². The van der Waals surface area contributed by atoms with Crippen molar-refractivity contribution in [3.05, 3.63) is 54.6 Å². The molecule has 7 nitrogen and oxygen atoms in total. The van der Waals surface area contributed by atoms with E-state index in [0.717, 1.165) is 18.7 Å². The number of nitrogens with one attached hydrogen (secondary N) is 2. The van der Waals surface area contributed by atoms with Crippen molar-refractivity contribution >= 4 is 17.6 Å². The molecule has 7 heteroatoms. The number of anilines is 1. The summed E-state index contributed by atoms with van der Waals surface area (Å²) in [6.45, 7) is 1.39. The molecule has 2 aromatic rings. The maximum atomic E-state index is 12.2. The monoisotopic (exact) mass is 385 g/mol. The smallest absolute Gasteiger partial charge is 0.321 e. The molecule has 0 heterocycles. The summed E-state index contributed by atoms with van der Waals surface area (Å²) < 4.78 is 5.70. The highest BCUT2D eigenvalue weighted by molar-refractivity contribution is 5.94. The standard InChI is InChI=1S/C21H27N3O4/c1-24(2)14-6-13-22-19(21(26)27)15-20(25)23-16-9-11-18(12-10-16)28-17-7-4-3-5-8-17/h3-5,7-12,19,22H,6,13-15H2,1-2H3,(H,23,25)(H,26,27)/t19-/m1/s1. The number of hydrogen-bond acceptors (Lipinski definition) is 5. The van der Waals surface area contributed by atoms with E-state index < -0.39 is 12.0 Å². The van der Waals surface area contributed by atoms with Gasteiger partial charge in [0.15, 0.2) is 0 Å². The first-order valence-corrected chi connectivity index (χ1v) is 9.18. The molecule has 0 saturated heterocycles. The van der Waals surface area contributed by atoms with Crippen LogP contribution in [-0.4, -0.2) is 55.1 Å². The molecule has 1 atom stereocenters. The predicted octanol–water partition coefficient (Wildman–Crippen LogP) is 2.80. The molecule has 0 aromatic heterocycles. The predicted molar refractivity (Wildman–Crippen MR) is 109 cm³/mol. The number of ether oxygens (including phenoxy) is 1. The molecule has 0 bridgehead atoms. The fraction of sp³-hybridized carbons (Fsp3) is 0.333. The lowest BCUT2D eigenvalue weighted by Gasteiger charge is -2.15. The zero-order valence-corrected chi connectivity index (χ0v) is 16.2. The average molecular weight is 385 g/mol. The van der Waals surface area contributed by atoms with Gasteiger partial charge in [0, 0.05) is 5.69 Å². The summed E-state index contributed by atoms with van der Waals surface area (Å²) in [7, 11) is 3.91. The summed E-state index contributed by atoms with van der Waals surface area (Å²) in [5, 5.41) is 14.9. The van der Waals surface area contributed by atoms with E-state index in [4.69, 9.17) is 4.74 Å². The summed E-state index contributed by atoms with van der Waals surface area (Å²) in [6, 6.07) is 15.4. The zero-order chi connectivity index (χ0) is 20.4. The summed E-state index contributed by atoms with van der Waals surface area (Å²) in [5.41, 5.74) is 0.585. The van der Waals surface area contributed by atoms with Crippen LogP contribution in [0.25, 0.3) is 0 Å². The van der Waals surface area contributed by atoms with Gasteiger partial charge in [0.2, 0.25) is 5.91 Å². The van der Waals surface area contributed by atoms with Gasteiger partial charge in [0.1, 0.15) is 17.5 Å². The number of carboxylic acid groups (broad SMARTS) is 1. The van der Waals surface area contributed by atoms with E-state index in [0.29, 0.717) is 18.0 Å². The van der Waals surface area contributed by atoms with Crippen molar-refractivity contribution in [1.29, 1.82) is 0 Å². The Balaban J connectivity index is 1.82. The normalized spacial score (nSPS) is 11.8. The molecular formula is C21H27N3O4. The molecule has 28 heavy (non-hydrogen) atoms. The highest BCUT2D eigenvalue weighted by atomic mass is 16.5. The molecule has 0 radical (unpaired) electrons. The quantitative estimate of drug-likeness (QED) is 0.515. The molecule has 0 aliphatic heterocycles. The number of carbonyl (C=O) groups excluding carboxylic acids is 1. The number of nitrogens with zero attached hydrogens (tertiary/aromatic N) is 1. The van der Waals surface area contributed by atoms with Crippen molar-refractivity contribution in [3.8, 4) is 11.5 Å². The molecule has 0 unspecified atom stereocenters. The number of amides is 1. The van der Waals surface area contributed by atoms with Crippen molar-refractivity contribution in [2.75, 3.05) is 32.5 Å². The third kappa shape index (κ3) is 7.77. The Bertz CT molecular complexity index is 748. The molecule has 150 valence electrons.